The lowest BCUT2D eigenvalue weighted by Crippen LogP contribution is -2.58. The number of rotatable bonds is 11. The zero-order valence-electron chi connectivity index (χ0n) is 48.2. The normalized spacial score (nSPS) is 18.4. The Morgan fingerprint density at radius 2 is 1.13 bits per heavy atom. The van der Waals surface area contributed by atoms with Gasteiger partial charge in [0.25, 0.3) is 0 Å². The SMILES string of the molecule is C=CC(=O)N1C(C)CN(c2nc(=O)n(-c3c(C)ccnc3C(C)C)c3nc(-c4ccccc4F)c(Cl)cc23)C2CC21.C=CC(=O)N1CC(C)N(c2nc(=O)n(-c3c(C)cc(C=C)nc3C(C)C)c3nc(-c4ccccc4F)c(Cl)cc23)CC1C. The molecule has 16 nitrogen and oxygen atoms in total. The fourth-order valence-corrected chi connectivity index (χ4v) is 12.3. The first-order valence-electron chi connectivity index (χ1n) is 27.9. The van der Waals surface area contributed by atoms with E-state index < -0.39 is 23.0 Å². The van der Waals surface area contributed by atoms with Crippen LogP contribution in [0.3, 0.4) is 0 Å². The van der Waals surface area contributed by atoms with Gasteiger partial charge in [-0.1, -0.05) is 94.9 Å². The lowest BCUT2D eigenvalue weighted by Gasteiger charge is -2.44. The second-order valence-electron chi connectivity index (χ2n) is 22.3. The minimum atomic E-state index is -0.556. The van der Waals surface area contributed by atoms with E-state index in [2.05, 4.69) is 39.6 Å². The van der Waals surface area contributed by atoms with E-state index in [0.717, 1.165) is 23.2 Å². The molecule has 5 unspecified atom stereocenters. The van der Waals surface area contributed by atoms with Gasteiger partial charge in [0.2, 0.25) is 11.8 Å². The summed E-state index contributed by atoms with van der Waals surface area (Å²) in [6, 6.07) is 19.1. The summed E-state index contributed by atoms with van der Waals surface area (Å²) >= 11 is 13.6. The van der Waals surface area contributed by atoms with Gasteiger partial charge in [0.15, 0.2) is 11.3 Å². The van der Waals surface area contributed by atoms with Crippen LogP contribution in [0.1, 0.15) is 94.9 Å². The first-order valence-corrected chi connectivity index (χ1v) is 28.6. The highest BCUT2D eigenvalue weighted by Crippen LogP contribution is 2.44. The summed E-state index contributed by atoms with van der Waals surface area (Å²) in [5.41, 5.74) is 5.27. The number of anilines is 2. The van der Waals surface area contributed by atoms with E-state index in [9.17, 15) is 23.6 Å². The zero-order chi connectivity index (χ0) is 60.3. The molecule has 8 heterocycles. The predicted molar refractivity (Wildman–Crippen MR) is 329 cm³/mol. The third kappa shape index (κ3) is 10.5. The summed E-state index contributed by atoms with van der Waals surface area (Å²) in [6.07, 6.45) is 6.79. The van der Waals surface area contributed by atoms with E-state index in [4.69, 9.17) is 38.2 Å². The van der Waals surface area contributed by atoms with Gasteiger partial charge in [-0.3, -0.25) is 19.6 Å². The average Bonchev–Trinajstić information content (AvgIpc) is 1.68. The van der Waals surface area contributed by atoms with Crippen LogP contribution in [0.5, 0.6) is 0 Å². The number of benzene rings is 2. The monoisotopic (exact) mass is 1170 g/mol. The molecule has 5 atom stereocenters. The first-order chi connectivity index (χ1) is 40.1. The topological polar surface area (TPSA) is 168 Å². The average molecular weight is 1170 g/mol. The maximum absolute atomic E-state index is 15.0. The minimum absolute atomic E-state index is 0.00207. The highest BCUT2D eigenvalue weighted by molar-refractivity contribution is 6.34. The van der Waals surface area contributed by atoms with Gasteiger partial charge in [0.1, 0.15) is 23.3 Å². The van der Waals surface area contributed by atoms with Crippen molar-refractivity contribution in [3.8, 4) is 33.9 Å². The Balaban J connectivity index is 0.000000187. The largest absolute Gasteiger partial charge is 0.355 e. The fourth-order valence-electron chi connectivity index (χ4n) is 11.7. The van der Waals surface area contributed by atoms with Crippen molar-refractivity contribution in [1.29, 1.82) is 0 Å². The van der Waals surface area contributed by atoms with Gasteiger partial charge in [0, 0.05) is 55.1 Å². The molecule has 11 rings (SSSR count). The van der Waals surface area contributed by atoms with Gasteiger partial charge in [-0.2, -0.15) is 9.97 Å². The molecular formula is C64H64Cl2F2N12O4. The van der Waals surface area contributed by atoms with Gasteiger partial charge in [-0.15, -0.1) is 0 Å². The number of hydrogen-bond acceptors (Lipinski definition) is 12. The summed E-state index contributed by atoms with van der Waals surface area (Å²) in [4.78, 5) is 89.2. The van der Waals surface area contributed by atoms with Gasteiger partial charge < -0.3 is 19.6 Å². The molecule has 432 valence electrons. The number of nitrogens with zero attached hydrogens (tertiary/aromatic N) is 12. The predicted octanol–water partition coefficient (Wildman–Crippen LogP) is 11.8. The summed E-state index contributed by atoms with van der Waals surface area (Å²) in [5, 5.41) is 1.54. The number of hydrogen-bond donors (Lipinski definition) is 0. The number of pyridine rings is 4. The molecule has 20 heteroatoms. The number of carbonyl (C=O) groups excluding carboxylic acids is 2. The molecule has 1 aliphatic carbocycles. The number of halogens is 4. The van der Waals surface area contributed by atoms with E-state index in [0.29, 0.717) is 70.5 Å². The van der Waals surface area contributed by atoms with E-state index in [-0.39, 0.29) is 92.1 Å². The number of amides is 2. The molecule has 2 saturated heterocycles. The van der Waals surface area contributed by atoms with Crippen molar-refractivity contribution < 1.29 is 18.4 Å². The Morgan fingerprint density at radius 3 is 1.64 bits per heavy atom. The zero-order valence-corrected chi connectivity index (χ0v) is 49.8. The highest BCUT2D eigenvalue weighted by Gasteiger charge is 2.53. The van der Waals surface area contributed by atoms with Crippen molar-refractivity contribution in [1.82, 2.24) is 48.8 Å². The Hall–Kier alpha value is -8.48. The number of piperazine rings is 2. The van der Waals surface area contributed by atoms with Crippen molar-refractivity contribution in [3.63, 3.8) is 0 Å². The van der Waals surface area contributed by atoms with Crippen LogP contribution in [0.4, 0.5) is 20.4 Å². The van der Waals surface area contributed by atoms with Crippen LogP contribution in [0, 0.1) is 25.5 Å². The van der Waals surface area contributed by atoms with Crippen LogP contribution in [-0.2, 0) is 9.59 Å². The highest BCUT2D eigenvalue weighted by atomic mass is 35.5. The first kappa shape index (κ1) is 58.7. The van der Waals surface area contributed by atoms with E-state index in [1.165, 1.54) is 33.4 Å². The number of aryl methyl sites for hydroxylation is 2. The molecular weight excluding hydrogens is 1110 g/mol. The maximum atomic E-state index is 15.0. The number of carbonyl (C=O) groups is 2. The Labute approximate surface area is 495 Å². The molecule has 0 radical (unpaired) electrons. The molecule has 2 aliphatic heterocycles. The van der Waals surface area contributed by atoms with Crippen LogP contribution >= 0.6 is 23.2 Å². The third-order valence-corrected chi connectivity index (χ3v) is 16.4. The number of fused-ring (bicyclic) bond motifs is 3. The summed E-state index contributed by atoms with van der Waals surface area (Å²) in [5.74, 6) is -0.408. The van der Waals surface area contributed by atoms with Gasteiger partial charge >= 0.3 is 11.4 Å². The Morgan fingerprint density at radius 1 is 0.619 bits per heavy atom. The standard InChI is InChI=1S/C33H34ClFN6O2.C31H30ClFN6O2/c1-8-22-14-19(5)30(28(36-22)18(3)4)41-32-24(15-25(34)29(37-32)23-12-10-11-13-26(23)35)31(38-33(41)43)40-17-20(6)39(16-21(40)7)27(42)9-2;1-6-25(40)38-18(5)15-37(23-14-24(23)38)29-20-13-21(32)27(19-9-7-8-10-22(19)33)35-30(20)39(31(41)36-29)28-17(4)11-12-34-26(28)16(2)3/h8-15,18,20-21H,1-2,16-17H2,3-7H3;6-13,16,18,23-24H,1,14-15H2,2-5H3. The Bertz CT molecular complexity index is 4150. The second-order valence-corrected chi connectivity index (χ2v) is 23.1. The molecule has 3 aliphatic rings. The molecule has 2 aromatic carbocycles. The van der Waals surface area contributed by atoms with Crippen molar-refractivity contribution in [2.75, 3.05) is 29.4 Å². The van der Waals surface area contributed by atoms with E-state index in [1.807, 2.05) is 84.2 Å². The van der Waals surface area contributed by atoms with Crippen LogP contribution < -0.4 is 21.2 Å². The summed E-state index contributed by atoms with van der Waals surface area (Å²) in [7, 11) is 0. The molecule has 0 spiro atoms. The lowest BCUT2D eigenvalue weighted by atomic mass is 10.0. The molecule has 1 saturated carbocycles. The van der Waals surface area contributed by atoms with Crippen LogP contribution in [0.25, 0.3) is 62.0 Å². The molecule has 2 amide bonds. The second kappa shape index (κ2) is 23.3. The van der Waals surface area contributed by atoms with E-state index >= 15 is 4.39 Å². The van der Waals surface area contributed by atoms with E-state index in [1.54, 1.807) is 65.7 Å². The van der Waals surface area contributed by atoms with Gasteiger partial charge in [0.05, 0.1) is 72.7 Å². The van der Waals surface area contributed by atoms with Gasteiger partial charge in [-0.05, 0) is 131 Å². The molecule has 3 fully saturated rings. The summed E-state index contributed by atoms with van der Waals surface area (Å²) < 4.78 is 32.9. The molecule has 0 bridgehead atoms. The maximum Gasteiger partial charge on any atom is 0.355 e. The number of aromatic nitrogens is 8. The van der Waals surface area contributed by atoms with Crippen LogP contribution in [0.2, 0.25) is 10.0 Å². The van der Waals surface area contributed by atoms with Crippen molar-refractivity contribution in [2.45, 2.75) is 111 Å². The molecule has 6 aromatic heterocycles. The van der Waals surface area contributed by atoms with Gasteiger partial charge in [-0.25, -0.2) is 37.5 Å². The third-order valence-electron chi connectivity index (χ3n) is 15.8. The molecule has 8 aromatic rings. The van der Waals surface area contributed by atoms with Crippen LogP contribution in [-0.4, -0.2) is 110 Å². The molecule has 0 N–H and O–H groups in total. The Kier molecular flexibility index (Phi) is 16.3. The smallest absolute Gasteiger partial charge is 0.349 e. The summed E-state index contributed by atoms with van der Waals surface area (Å²) in [6.45, 7) is 30.2. The van der Waals surface area contributed by atoms with Crippen molar-refractivity contribution in [2.24, 2.45) is 0 Å². The van der Waals surface area contributed by atoms with Crippen molar-refractivity contribution >= 4 is 74.8 Å². The fraction of sp³-hybridized carbons (Fsp3) is 0.312. The van der Waals surface area contributed by atoms with Crippen LogP contribution in [0.15, 0.2) is 120 Å². The quantitative estimate of drug-likeness (QED) is 0.113. The van der Waals surface area contributed by atoms with Crippen molar-refractivity contribution in [3.05, 3.63) is 182 Å². The minimum Gasteiger partial charge on any atom is -0.349 e. The molecule has 84 heavy (non-hydrogen) atoms. The lowest BCUT2D eigenvalue weighted by molar-refractivity contribution is -0.129.